The van der Waals surface area contributed by atoms with E-state index >= 15 is 0 Å². The number of amides is 2. The molecule has 7 heteroatoms. The van der Waals surface area contributed by atoms with Crippen LogP contribution in [0.2, 0.25) is 0 Å². The van der Waals surface area contributed by atoms with Gasteiger partial charge in [0.25, 0.3) is 0 Å². The van der Waals surface area contributed by atoms with Crippen molar-refractivity contribution in [3.8, 4) is 11.5 Å². The van der Waals surface area contributed by atoms with E-state index in [9.17, 15) is 9.59 Å². The molecule has 0 unspecified atom stereocenters. The van der Waals surface area contributed by atoms with Crippen LogP contribution in [0, 0.1) is 0 Å². The minimum atomic E-state index is -0.712. The number of hydrogen-bond acceptors (Lipinski definition) is 5. The zero-order valence-corrected chi connectivity index (χ0v) is 16.7. The van der Waals surface area contributed by atoms with Crippen LogP contribution in [0.25, 0.3) is 0 Å². The molecule has 0 atom stereocenters. The van der Waals surface area contributed by atoms with Crippen LogP contribution in [-0.4, -0.2) is 39.1 Å². The summed E-state index contributed by atoms with van der Waals surface area (Å²) in [6.45, 7) is 6.18. The summed E-state index contributed by atoms with van der Waals surface area (Å²) >= 11 is 0. The fourth-order valence-electron chi connectivity index (χ4n) is 2.79. The van der Waals surface area contributed by atoms with E-state index in [2.05, 4.69) is 29.4 Å². The monoisotopic (exact) mass is 385 g/mol. The van der Waals surface area contributed by atoms with Crippen LogP contribution in [0.5, 0.6) is 11.5 Å². The molecule has 0 aliphatic heterocycles. The Labute approximate surface area is 165 Å². The lowest BCUT2D eigenvalue weighted by molar-refractivity contribution is -0.136. The zero-order valence-electron chi connectivity index (χ0n) is 16.7. The standard InChI is InChI=1S/C21H27N3O4/c1-5-24(6-2)17-10-8-16(9-11-17)23-21(26)20(25)22-14-15-7-12-18(27-3)19(13-15)28-4/h7-13H,5-6,14H2,1-4H3,(H,22,25)(H,23,26). The number of nitrogens with zero attached hydrogens (tertiary/aromatic N) is 1. The van der Waals surface area contributed by atoms with Gasteiger partial charge in [-0.2, -0.15) is 0 Å². The number of ether oxygens (including phenoxy) is 2. The van der Waals surface area contributed by atoms with E-state index in [1.54, 1.807) is 44.6 Å². The maximum Gasteiger partial charge on any atom is 0.313 e. The summed E-state index contributed by atoms with van der Waals surface area (Å²) in [5, 5.41) is 5.21. The van der Waals surface area contributed by atoms with Gasteiger partial charge in [0.05, 0.1) is 14.2 Å². The van der Waals surface area contributed by atoms with Crippen LogP contribution >= 0.6 is 0 Å². The summed E-state index contributed by atoms with van der Waals surface area (Å²) in [4.78, 5) is 26.4. The van der Waals surface area contributed by atoms with E-state index in [1.165, 1.54) is 0 Å². The van der Waals surface area contributed by atoms with Crippen molar-refractivity contribution in [1.29, 1.82) is 0 Å². The van der Waals surface area contributed by atoms with Crippen molar-refractivity contribution < 1.29 is 19.1 Å². The quantitative estimate of drug-likeness (QED) is 0.683. The first kappa shape index (κ1) is 21.1. The van der Waals surface area contributed by atoms with Crippen LogP contribution in [0.4, 0.5) is 11.4 Å². The van der Waals surface area contributed by atoms with Crippen molar-refractivity contribution in [3.63, 3.8) is 0 Å². The minimum Gasteiger partial charge on any atom is -0.493 e. The van der Waals surface area contributed by atoms with Gasteiger partial charge in [0.2, 0.25) is 0 Å². The summed E-state index contributed by atoms with van der Waals surface area (Å²) in [7, 11) is 3.09. The lowest BCUT2D eigenvalue weighted by atomic mass is 10.2. The summed E-state index contributed by atoms with van der Waals surface area (Å²) in [5.41, 5.74) is 2.44. The molecule has 0 aliphatic rings. The van der Waals surface area contributed by atoms with Crippen molar-refractivity contribution >= 4 is 23.2 Å². The highest BCUT2D eigenvalue weighted by molar-refractivity contribution is 6.39. The van der Waals surface area contributed by atoms with Crippen molar-refractivity contribution in [3.05, 3.63) is 48.0 Å². The average molecular weight is 385 g/mol. The van der Waals surface area contributed by atoms with Gasteiger partial charge in [0.1, 0.15) is 0 Å². The molecule has 2 amide bonds. The van der Waals surface area contributed by atoms with Gasteiger partial charge in [-0.05, 0) is 55.8 Å². The van der Waals surface area contributed by atoms with Gasteiger partial charge in [-0.15, -0.1) is 0 Å². The van der Waals surface area contributed by atoms with Crippen molar-refractivity contribution in [2.45, 2.75) is 20.4 Å². The van der Waals surface area contributed by atoms with Gasteiger partial charge in [-0.3, -0.25) is 9.59 Å². The zero-order chi connectivity index (χ0) is 20.5. The van der Waals surface area contributed by atoms with Crippen molar-refractivity contribution in [1.82, 2.24) is 5.32 Å². The average Bonchev–Trinajstić information content (AvgIpc) is 2.73. The fraction of sp³-hybridized carbons (Fsp3) is 0.333. The van der Waals surface area contributed by atoms with Crippen LogP contribution < -0.4 is 25.0 Å². The van der Waals surface area contributed by atoms with Gasteiger partial charge in [-0.1, -0.05) is 6.07 Å². The molecule has 7 nitrogen and oxygen atoms in total. The first-order valence-corrected chi connectivity index (χ1v) is 9.17. The summed E-state index contributed by atoms with van der Waals surface area (Å²) in [6, 6.07) is 12.7. The number of hydrogen-bond donors (Lipinski definition) is 2. The Balaban J connectivity index is 1.91. The number of carbonyl (C=O) groups excluding carboxylic acids is 2. The number of nitrogens with one attached hydrogen (secondary N) is 2. The Hall–Kier alpha value is -3.22. The third-order valence-corrected chi connectivity index (χ3v) is 4.36. The van der Waals surface area contributed by atoms with Gasteiger partial charge < -0.3 is 25.0 Å². The molecule has 0 heterocycles. The van der Waals surface area contributed by atoms with Gasteiger partial charge in [0, 0.05) is 31.0 Å². The summed E-state index contributed by atoms with van der Waals surface area (Å²) < 4.78 is 10.4. The maximum atomic E-state index is 12.1. The van der Waals surface area contributed by atoms with Crippen LogP contribution in [-0.2, 0) is 16.1 Å². The second kappa shape index (κ2) is 10.2. The summed E-state index contributed by atoms with van der Waals surface area (Å²) in [5.74, 6) is -0.255. The number of methoxy groups -OCH3 is 2. The predicted octanol–water partition coefficient (Wildman–Crippen LogP) is 2.80. The topological polar surface area (TPSA) is 79.9 Å². The predicted molar refractivity (Wildman–Crippen MR) is 110 cm³/mol. The molecule has 2 N–H and O–H groups in total. The molecule has 150 valence electrons. The molecule has 0 radical (unpaired) electrons. The Bertz CT molecular complexity index is 802. The first-order valence-electron chi connectivity index (χ1n) is 9.17. The molecule has 2 aromatic rings. The van der Waals surface area contributed by atoms with Gasteiger partial charge >= 0.3 is 11.8 Å². The van der Waals surface area contributed by atoms with E-state index in [0.29, 0.717) is 17.2 Å². The molecular formula is C21H27N3O4. The Morgan fingerprint density at radius 1 is 0.893 bits per heavy atom. The Morgan fingerprint density at radius 2 is 1.54 bits per heavy atom. The van der Waals surface area contributed by atoms with E-state index in [0.717, 1.165) is 24.3 Å². The molecule has 0 saturated heterocycles. The second-order valence-electron chi connectivity index (χ2n) is 6.05. The SMILES string of the molecule is CCN(CC)c1ccc(NC(=O)C(=O)NCc2ccc(OC)c(OC)c2)cc1. The fourth-order valence-corrected chi connectivity index (χ4v) is 2.79. The first-order chi connectivity index (χ1) is 13.5. The van der Waals surface area contributed by atoms with Gasteiger partial charge in [0.15, 0.2) is 11.5 Å². The largest absolute Gasteiger partial charge is 0.493 e. The molecular weight excluding hydrogens is 358 g/mol. The lowest BCUT2D eigenvalue weighted by Gasteiger charge is -2.21. The number of rotatable bonds is 8. The Morgan fingerprint density at radius 3 is 2.11 bits per heavy atom. The molecule has 0 saturated carbocycles. The van der Waals surface area contributed by atoms with E-state index < -0.39 is 11.8 Å². The van der Waals surface area contributed by atoms with Crippen LogP contribution in [0.1, 0.15) is 19.4 Å². The molecule has 2 rings (SSSR count). The maximum absolute atomic E-state index is 12.1. The summed E-state index contributed by atoms with van der Waals surface area (Å²) in [6.07, 6.45) is 0. The van der Waals surface area contributed by atoms with Crippen LogP contribution in [0.15, 0.2) is 42.5 Å². The lowest BCUT2D eigenvalue weighted by Crippen LogP contribution is -2.35. The Kier molecular flexibility index (Phi) is 7.68. The minimum absolute atomic E-state index is 0.202. The second-order valence-corrected chi connectivity index (χ2v) is 6.05. The normalized spacial score (nSPS) is 10.1. The third-order valence-electron chi connectivity index (χ3n) is 4.36. The van der Waals surface area contributed by atoms with E-state index in [-0.39, 0.29) is 6.54 Å². The smallest absolute Gasteiger partial charge is 0.313 e. The molecule has 0 aliphatic carbocycles. The van der Waals surface area contributed by atoms with Crippen LogP contribution in [0.3, 0.4) is 0 Å². The molecule has 0 bridgehead atoms. The van der Waals surface area contributed by atoms with Gasteiger partial charge in [-0.25, -0.2) is 0 Å². The highest BCUT2D eigenvalue weighted by atomic mass is 16.5. The van der Waals surface area contributed by atoms with Crippen molar-refractivity contribution in [2.24, 2.45) is 0 Å². The number of benzene rings is 2. The highest BCUT2D eigenvalue weighted by Crippen LogP contribution is 2.27. The molecule has 0 aromatic heterocycles. The highest BCUT2D eigenvalue weighted by Gasteiger charge is 2.14. The van der Waals surface area contributed by atoms with Crippen molar-refractivity contribution in [2.75, 3.05) is 37.5 Å². The number of anilines is 2. The molecule has 2 aromatic carbocycles. The number of carbonyl (C=O) groups is 2. The molecule has 0 spiro atoms. The molecule has 0 fully saturated rings. The van der Waals surface area contributed by atoms with E-state index in [1.807, 2.05) is 12.1 Å². The third kappa shape index (κ3) is 5.39. The molecule has 28 heavy (non-hydrogen) atoms. The van der Waals surface area contributed by atoms with E-state index in [4.69, 9.17) is 9.47 Å².